The van der Waals surface area contributed by atoms with Crippen LogP contribution in [-0.4, -0.2) is 58.9 Å². The number of hydrogen-bond acceptors (Lipinski definition) is 8. The van der Waals surface area contributed by atoms with Crippen LogP contribution in [0.1, 0.15) is 13.3 Å². The molecule has 30 heavy (non-hydrogen) atoms. The van der Waals surface area contributed by atoms with E-state index in [1.54, 1.807) is 32.2 Å². The largest absolute Gasteiger partial charge is 0.486 e. The third-order valence-electron chi connectivity index (χ3n) is 4.14. The van der Waals surface area contributed by atoms with Gasteiger partial charge in [-0.2, -0.15) is 0 Å². The summed E-state index contributed by atoms with van der Waals surface area (Å²) in [6.45, 7) is 3.43. The minimum absolute atomic E-state index is 0.363. The predicted molar refractivity (Wildman–Crippen MR) is 109 cm³/mol. The van der Waals surface area contributed by atoms with Crippen LogP contribution >= 0.6 is 11.8 Å². The number of imide groups is 1. The van der Waals surface area contributed by atoms with E-state index in [4.69, 9.17) is 14.2 Å². The summed E-state index contributed by atoms with van der Waals surface area (Å²) >= 11 is 1.08. The standard InChI is InChI=1S/C18H23N5O6S/c1-11(30-18-22-21-17(26)23(18)6-3-7-27-2)15(24)20-16(25)19-12-4-5-13-14(10-12)29-9-8-28-13/h4-5,10-11H,3,6-9H2,1-2H3,(H,21,26)(H2,19,20,24,25). The molecule has 0 aliphatic carbocycles. The highest BCUT2D eigenvalue weighted by Gasteiger charge is 2.21. The Labute approximate surface area is 176 Å². The third kappa shape index (κ3) is 5.54. The number of ether oxygens (including phenoxy) is 3. The number of nitrogens with one attached hydrogen (secondary N) is 3. The van der Waals surface area contributed by atoms with Crippen LogP contribution in [0.2, 0.25) is 0 Å². The van der Waals surface area contributed by atoms with Gasteiger partial charge in [-0.25, -0.2) is 14.7 Å². The van der Waals surface area contributed by atoms with E-state index in [0.29, 0.717) is 55.1 Å². The van der Waals surface area contributed by atoms with E-state index in [0.717, 1.165) is 11.8 Å². The maximum atomic E-state index is 12.4. The third-order valence-corrected chi connectivity index (χ3v) is 5.23. The number of carbonyl (C=O) groups excluding carboxylic acids is 2. The highest BCUT2D eigenvalue weighted by Crippen LogP contribution is 2.32. The summed E-state index contributed by atoms with van der Waals surface area (Å²) in [5, 5.41) is 10.9. The summed E-state index contributed by atoms with van der Waals surface area (Å²) in [5.74, 6) is 0.608. The van der Waals surface area contributed by atoms with E-state index in [9.17, 15) is 14.4 Å². The number of H-pyrrole nitrogens is 1. The quantitative estimate of drug-likeness (QED) is 0.414. The van der Waals surface area contributed by atoms with Gasteiger partial charge in [0.05, 0.1) is 5.25 Å². The van der Waals surface area contributed by atoms with Gasteiger partial charge in [-0.15, -0.1) is 5.10 Å². The lowest BCUT2D eigenvalue weighted by Gasteiger charge is -2.19. The van der Waals surface area contributed by atoms with Gasteiger partial charge in [0.25, 0.3) is 0 Å². The fourth-order valence-corrected chi connectivity index (χ4v) is 3.55. The van der Waals surface area contributed by atoms with Crippen LogP contribution in [0.25, 0.3) is 0 Å². The molecule has 2 heterocycles. The molecule has 3 N–H and O–H groups in total. The smallest absolute Gasteiger partial charge is 0.343 e. The summed E-state index contributed by atoms with van der Waals surface area (Å²) in [5.41, 5.74) is 0.0988. The topological polar surface area (TPSA) is 137 Å². The van der Waals surface area contributed by atoms with Gasteiger partial charge in [0, 0.05) is 32.0 Å². The number of benzene rings is 1. The molecule has 2 aromatic rings. The number of hydrogen-bond donors (Lipinski definition) is 3. The maximum absolute atomic E-state index is 12.4. The summed E-state index contributed by atoms with van der Waals surface area (Å²) in [7, 11) is 1.58. The first-order valence-corrected chi connectivity index (χ1v) is 10.2. The zero-order valence-corrected chi connectivity index (χ0v) is 17.4. The van der Waals surface area contributed by atoms with Crippen molar-refractivity contribution < 1.29 is 23.8 Å². The summed E-state index contributed by atoms with van der Waals surface area (Å²) in [4.78, 5) is 36.4. The Balaban J connectivity index is 1.54. The molecule has 0 spiro atoms. The van der Waals surface area contributed by atoms with Crippen molar-refractivity contribution >= 4 is 29.4 Å². The molecule has 0 saturated carbocycles. The van der Waals surface area contributed by atoms with Crippen molar-refractivity contribution in [2.45, 2.75) is 30.3 Å². The minimum atomic E-state index is -0.677. The van der Waals surface area contributed by atoms with Gasteiger partial charge in [0.2, 0.25) is 5.91 Å². The zero-order valence-electron chi connectivity index (χ0n) is 16.6. The molecule has 0 fully saturated rings. The molecule has 1 unspecified atom stereocenters. The lowest BCUT2D eigenvalue weighted by Crippen LogP contribution is -2.39. The lowest BCUT2D eigenvalue weighted by molar-refractivity contribution is -0.119. The van der Waals surface area contributed by atoms with E-state index >= 15 is 0 Å². The summed E-state index contributed by atoms with van der Waals surface area (Å²) < 4.78 is 17.3. The molecule has 0 bridgehead atoms. The molecule has 162 valence electrons. The second kappa shape index (κ2) is 10.2. The molecular formula is C18H23N5O6S. The van der Waals surface area contributed by atoms with E-state index in [1.165, 1.54) is 4.57 Å². The van der Waals surface area contributed by atoms with E-state index in [1.807, 2.05) is 0 Å². The SMILES string of the molecule is COCCCn1c(SC(C)C(=O)NC(=O)Nc2ccc3c(c2)OCCO3)n[nH]c1=O. The molecule has 1 aliphatic heterocycles. The van der Waals surface area contributed by atoms with Crippen LogP contribution in [0.3, 0.4) is 0 Å². The molecule has 1 aliphatic rings. The van der Waals surface area contributed by atoms with Gasteiger partial charge in [0.1, 0.15) is 13.2 Å². The number of urea groups is 1. The van der Waals surface area contributed by atoms with Crippen LogP contribution in [0, 0.1) is 0 Å². The van der Waals surface area contributed by atoms with Crippen LogP contribution < -0.4 is 25.8 Å². The first kappa shape index (κ1) is 21.7. The average Bonchev–Trinajstić information content (AvgIpc) is 3.07. The van der Waals surface area contributed by atoms with Crippen molar-refractivity contribution in [3.8, 4) is 11.5 Å². The zero-order chi connectivity index (χ0) is 21.5. The van der Waals surface area contributed by atoms with E-state index in [2.05, 4.69) is 20.8 Å². The van der Waals surface area contributed by atoms with Gasteiger partial charge in [-0.05, 0) is 25.5 Å². The number of amides is 3. The van der Waals surface area contributed by atoms with Crippen LogP contribution in [0.4, 0.5) is 10.5 Å². The van der Waals surface area contributed by atoms with Gasteiger partial charge in [-0.1, -0.05) is 11.8 Å². The first-order chi connectivity index (χ1) is 14.5. The van der Waals surface area contributed by atoms with Crippen LogP contribution in [0.5, 0.6) is 11.5 Å². The maximum Gasteiger partial charge on any atom is 0.343 e. The molecule has 1 atom stereocenters. The highest BCUT2D eigenvalue weighted by atomic mass is 32.2. The number of nitrogens with zero attached hydrogens (tertiary/aromatic N) is 2. The Morgan fingerprint density at radius 1 is 1.33 bits per heavy atom. The minimum Gasteiger partial charge on any atom is -0.486 e. The number of rotatable bonds is 8. The fraction of sp³-hybridized carbons (Fsp3) is 0.444. The summed E-state index contributed by atoms with van der Waals surface area (Å²) in [6, 6.07) is 4.28. The van der Waals surface area contributed by atoms with Gasteiger partial charge >= 0.3 is 11.7 Å². The number of methoxy groups -OCH3 is 1. The molecule has 1 aromatic heterocycles. The van der Waals surface area contributed by atoms with Crippen molar-refractivity contribution in [1.29, 1.82) is 0 Å². The Morgan fingerprint density at radius 2 is 2.10 bits per heavy atom. The monoisotopic (exact) mass is 437 g/mol. The van der Waals surface area contributed by atoms with Gasteiger partial charge in [0.15, 0.2) is 16.7 Å². The van der Waals surface area contributed by atoms with Crippen LogP contribution in [0.15, 0.2) is 28.2 Å². The van der Waals surface area contributed by atoms with E-state index in [-0.39, 0.29) is 5.69 Å². The van der Waals surface area contributed by atoms with Crippen LogP contribution in [-0.2, 0) is 16.1 Å². The predicted octanol–water partition coefficient (Wildman–Crippen LogP) is 1.21. The second-order valence-corrected chi connectivity index (χ2v) is 7.68. The number of anilines is 1. The Bertz CT molecular complexity index is 959. The van der Waals surface area contributed by atoms with Crippen molar-refractivity contribution in [2.24, 2.45) is 0 Å². The van der Waals surface area contributed by atoms with Crippen molar-refractivity contribution in [2.75, 3.05) is 32.2 Å². The fourth-order valence-electron chi connectivity index (χ4n) is 2.67. The average molecular weight is 437 g/mol. The second-order valence-electron chi connectivity index (χ2n) is 6.37. The molecule has 11 nitrogen and oxygen atoms in total. The van der Waals surface area contributed by atoms with Crippen molar-refractivity contribution in [3.63, 3.8) is 0 Å². The molecule has 12 heteroatoms. The van der Waals surface area contributed by atoms with Crippen molar-refractivity contribution in [1.82, 2.24) is 20.1 Å². The highest BCUT2D eigenvalue weighted by molar-refractivity contribution is 8.00. The van der Waals surface area contributed by atoms with E-state index < -0.39 is 17.2 Å². The molecule has 0 radical (unpaired) electrons. The number of fused-ring (bicyclic) bond motifs is 1. The molecule has 3 rings (SSSR count). The number of thioether (sulfide) groups is 1. The van der Waals surface area contributed by atoms with Crippen molar-refractivity contribution in [3.05, 3.63) is 28.7 Å². The molecule has 3 amide bonds. The number of aromatic nitrogens is 3. The first-order valence-electron chi connectivity index (χ1n) is 9.30. The Kier molecular flexibility index (Phi) is 7.36. The lowest BCUT2D eigenvalue weighted by atomic mass is 10.2. The Morgan fingerprint density at radius 3 is 2.87 bits per heavy atom. The summed E-state index contributed by atoms with van der Waals surface area (Å²) in [6.07, 6.45) is 0.627. The number of aromatic amines is 1. The number of carbonyl (C=O) groups is 2. The molecular weight excluding hydrogens is 414 g/mol. The molecule has 1 aromatic carbocycles. The van der Waals surface area contributed by atoms with Gasteiger partial charge in [-0.3, -0.25) is 14.7 Å². The Hall–Kier alpha value is -2.99. The normalized spacial score (nSPS) is 13.5. The van der Waals surface area contributed by atoms with Gasteiger partial charge < -0.3 is 19.5 Å². The molecule has 0 saturated heterocycles.